The lowest BCUT2D eigenvalue weighted by Gasteiger charge is -2.39. The molecule has 1 rings (SSSR count). The summed E-state index contributed by atoms with van der Waals surface area (Å²) < 4.78 is 0.675. The standard InChI is InChI=1S/C23H45N2O/c1-4-6-7-8-9-10-11-12-13-14-15-16-17-18-19-23-24-20-21-25(23,5-2)22(3)26/h4,6,20-24,26H,5,7-19H2,1-3H3/q+1/b6-4+. The first-order valence-electron chi connectivity index (χ1n) is 11.3. The summed E-state index contributed by atoms with van der Waals surface area (Å²) in [5, 5.41) is 13.6. The number of quaternary nitrogens is 1. The molecular weight excluding hydrogens is 320 g/mol. The number of aliphatic hydroxyl groups is 1. The quantitative estimate of drug-likeness (QED) is 0.194. The van der Waals surface area contributed by atoms with Crippen LogP contribution in [0.2, 0.25) is 0 Å². The van der Waals surface area contributed by atoms with Gasteiger partial charge in [0.15, 0.2) is 12.4 Å². The number of allylic oxidation sites excluding steroid dienone is 2. The van der Waals surface area contributed by atoms with Crippen LogP contribution < -0.4 is 5.32 Å². The van der Waals surface area contributed by atoms with Crippen molar-refractivity contribution in [3.63, 3.8) is 0 Å². The van der Waals surface area contributed by atoms with E-state index in [0.29, 0.717) is 10.6 Å². The van der Waals surface area contributed by atoms with Gasteiger partial charge in [0, 0.05) is 13.3 Å². The van der Waals surface area contributed by atoms with Crippen LogP contribution in [0, 0.1) is 0 Å². The first-order valence-corrected chi connectivity index (χ1v) is 11.3. The predicted octanol–water partition coefficient (Wildman–Crippen LogP) is 6.21. The number of aliphatic hydroxyl groups excluding tert-OH is 1. The zero-order valence-corrected chi connectivity index (χ0v) is 17.8. The van der Waals surface area contributed by atoms with Gasteiger partial charge in [0.25, 0.3) is 0 Å². The van der Waals surface area contributed by atoms with Gasteiger partial charge in [-0.3, -0.25) is 4.48 Å². The highest BCUT2D eigenvalue weighted by Gasteiger charge is 2.40. The van der Waals surface area contributed by atoms with Crippen LogP contribution in [0.15, 0.2) is 24.6 Å². The maximum Gasteiger partial charge on any atom is 0.193 e. The van der Waals surface area contributed by atoms with Crippen LogP contribution in [0.5, 0.6) is 0 Å². The fourth-order valence-electron chi connectivity index (χ4n) is 4.19. The Morgan fingerprint density at radius 1 is 0.962 bits per heavy atom. The Morgan fingerprint density at radius 2 is 1.50 bits per heavy atom. The summed E-state index contributed by atoms with van der Waals surface area (Å²) in [6.07, 6.45) is 26.2. The average molecular weight is 366 g/mol. The Labute approximate surface area is 163 Å². The molecule has 0 radical (unpaired) electrons. The molecule has 1 aliphatic rings. The molecule has 3 heteroatoms. The van der Waals surface area contributed by atoms with E-state index in [4.69, 9.17) is 0 Å². The normalized spacial score (nSPS) is 23.6. The van der Waals surface area contributed by atoms with Gasteiger partial charge in [-0.15, -0.1) is 0 Å². The number of unbranched alkanes of at least 4 members (excludes halogenated alkanes) is 11. The van der Waals surface area contributed by atoms with Crippen LogP contribution in [0.3, 0.4) is 0 Å². The van der Waals surface area contributed by atoms with Crippen molar-refractivity contribution in [3.05, 3.63) is 24.6 Å². The summed E-state index contributed by atoms with van der Waals surface area (Å²) in [7, 11) is 0. The van der Waals surface area contributed by atoms with E-state index in [1.807, 2.05) is 13.1 Å². The van der Waals surface area contributed by atoms with Gasteiger partial charge < -0.3 is 10.4 Å². The first-order chi connectivity index (χ1) is 12.7. The van der Waals surface area contributed by atoms with Crippen molar-refractivity contribution < 1.29 is 9.59 Å². The molecule has 1 heterocycles. The zero-order chi connectivity index (χ0) is 19.1. The van der Waals surface area contributed by atoms with Gasteiger partial charge >= 0.3 is 0 Å². The molecule has 0 amide bonds. The second kappa shape index (κ2) is 14.3. The Balaban J connectivity index is 1.92. The second-order valence-electron chi connectivity index (χ2n) is 7.98. The van der Waals surface area contributed by atoms with Crippen LogP contribution in [0.4, 0.5) is 0 Å². The van der Waals surface area contributed by atoms with E-state index in [1.54, 1.807) is 0 Å². The molecule has 0 fully saturated rings. The smallest absolute Gasteiger partial charge is 0.193 e. The van der Waals surface area contributed by atoms with Crippen LogP contribution in [-0.2, 0) is 0 Å². The van der Waals surface area contributed by atoms with E-state index in [2.05, 4.69) is 37.5 Å². The zero-order valence-electron chi connectivity index (χ0n) is 17.8. The third-order valence-electron chi connectivity index (χ3n) is 6.05. The van der Waals surface area contributed by atoms with Gasteiger partial charge in [0.05, 0.1) is 12.7 Å². The highest BCUT2D eigenvalue weighted by Crippen LogP contribution is 2.25. The minimum Gasteiger partial charge on any atom is -0.345 e. The Kier molecular flexibility index (Phi) is 12.8. The number of rotatable bonds is 16. The molecular formula is C23H45N2O+. The van der Waals surface area contributed by atoms with E-state index >= 15 is 0 Å². The van der Waals surface area contributed by atoms with Gasteiger partial charge in [-0.1, -0.05) is 69.9 Å². The van der Waals surface area contributed by atoms with E-state index in [-0.39, 0.29) is 6.23 Å². The van der Waals surface area contributed by atoms with Crippen LogP contribution >= 0.6 is 0 Å². The van der Waals surface area contributed by atoms with E-state index < -0.39 is 0 Å². The van der Waals surface area contributed by atoms with E-state index in [9.17, 15) is 5.11 Å². The minimum atomic E-state index is -0.334. The molecule has 2 N–H and O–H groups in total. The van der Waals surface area contributed by atoms with Crippen LogP contribution in [-0.4, -0.2) is 28.5 Å². The number of hydrogen-bond donors (Lipinski definition) is 2. The summed E-state index contributed by atoms with van der Waals surface area (Å²) in [5.74, 6) is 0. The largest absolute Gasteiger partial charge is 0.345 e. The van der Waals surface area contributed by atoms with Crippen molar-refractivity contribution in [2.75, 3.05) is 6.54 Å². The second-order valence-corrected chi connectivity index (χ2v) is 7.98. The summed E-state index contributed by atoms with van der Waals surface area (Å²) in [6, 6.07) is 0. The molecule has 0 spiro atoms. The lowest BCUT2D eigenvalue weighted by molar-refractivity contribution is -0.942. The molecule has 152 valence electrons. The molecule has 0 saturated carbocycles. The highest BCUT2D eigenvalue weighted by molar-refractivity contribution is 4.84. The third kappa shape index (κ3) is 8.26. The minimum absolute atomic E-state index is 0.334. The number of hydrogen-bond acceptors (Lipinski definition) is 2. The van der Waals surface area contributed by atoms with Crippen molar-refractivity contribution in [2.45, 2.75) is 117 Å². The van der Waals surface area contributed by atoms with Crippen molar-refractivity contribution in [1.82, 2.24) is 5.32 Å². The van der Waals surface area contributed by atoms with Crippen molar-refractivity contribution in [1.29, 1.82) is 0 Å². The molecule has 0 saturated heterocycles. The fourth-order valence-corrected chi connectivity index (χ4v) is 4.19. The summed E-state index contributed by atoms with van der Waals surface area (Å²) in [4.78, 5) is 0. The Morgan fingerprint density at radius 3 is 2.00 bits per heavy atom. The van der Waals surface area contributed by atoms with Crippen LogP contribution in [0.25, 0.3) is 0 Å². The van der Waals surface area contributed by atoms with Gasteiger partial charge in [-0.25, -0.2) is 0 Å². The first kappa shape index (κ1) is 23.2. The molecule has 0 aliphatic carbocycles. The maximum atomic E-state index is 10.2. The fraction of sp³-hybridized carbons (Fsp3) is 0.826. The highest BCUT2D eigenvalue weighted by atomic mass is 16.3. The Bertz CT molecular complexity index is 392. The molecule has 3 nitrogen and oxygen atoms in total. The van der Waals surface area contributed by atoms with Crippen LogP contribution in [0.1, 0.15) is 104 Å². The molecule has 0 bridgehead atoms. The Hall–Kier alpha value is -0.800. The predicted molar refractivity (Wildman–Crippen MR) is 113 cm³/mol. The van der Waals surface area contributed by atoms with Crippen molar-refractivity contribution >= 4 is 0 Å². The summed E-state index contributed by atoms with van der Waals surface area (Å²) in [5.41, 5.74) is 0. The molecule has 3 atom stereocenters. The van der Waals surface area contributed by atoms with Gasteiger partial charge in [0.2, 0.25) is 0 Å². The summed E-state index contributed by atoms with van der Waals surface area (Å²) in [6.45, 7) is 7.13. The topological polar surface area (TPSA) is 32.3 Å². The molecule has 3 unspecified atom stereocenters. The molecule has 1 aliphatic heterocycles. The van der Waals surface area contributed by atoms with Gasteiger partial charge in [-0.05, 0) is 33.1 Å². The molecule has 0 aromatic carbocycles. The molecule has 0 aromatic heterocycles. The monoisotopic (exact) mass is 365 g/mol. The number of nitrogens with one attached hydrogen (secondary N) is 1. The number of nitrogens with zero attached hydrogens (tertiary/aromatic N) is 1. The molecule has 26 heavy (non-hydrogen) atoms. The van der Waals surface area contributed by atoms with E-state index in [1.165, 1.54) is 77.0 Å². The SMILES string of the molecule is C/C=C/CCCCCCCCCCCCCC1NC=C[N+]1(CC)C(C)O. The summed E-state index contributed by atoms with van der Waals surface area (Å²) >= 11 is 0. The lowest BCUT2D eigenvalue weighted by Crippen LogP contribution is -2.57. The van der Waals surface area contributed by atoms with Crippen molar-refractivity contribution in [2.24, 2.45) is 0 Å². The van der Waals surface area contributed by atoms with Crippen molar-refractivity contribution in [3.8, 4) is 0 Å². The maximum absolute atomic E-state index is 10.2. The third-order valence-corrected chi connectivity index (χ3v) is 6.05. The molecule has 0 aromatic rings. The van der Waals surface area contributed by atoms with E-state index in [0.717, 1.165) is 13.0 Å². The average Bonchev–Trinajstić information content (AvgIpc) is 3.06. The lowest BCUT2D eigenvalue weighted by atomic mass is 10.0. The van der Waals surface area contributed by atoms with Gasteiger partial charge in [-0.2, -0.15) is 0 Å². The van der Waals surface area contributed by atoms with Gasteiger partial charge in [0.1, 0.15) is 6.20 Å².